The van der Waals surface area contributed by atoms with Crippen molar-refractivity contribution in [2.24, 2.45) is 45.3 Å². The van der Waals surface area contributed by atoms with Gasteiger partial charge in [0.05, 0.1) is 56.8 Å². The van der Waals surface area contributed by atoms with Gasteiger partial charge in [-0.15, -0.1) is 0 Å². The number of rotatable bonds is 13. The highest BCUT2D eigenvalue weighted by Crippen LogP contribution is 2.78. The molecule has 9 aliphatic rings. The van der Waals surface area contributed by atoms with E-state index in [0.717, 1.165) is 18.4 Å². The average Bonchev–Trinajstić information content (AvgIpc) is 3.85. The van der Waals surface area contributed by atoms with Gasteiger partial charge in [-0.3, -0.25) is 0 Å². The summed E-state index contributed by atoms with van der Waals surface area (Å²) in [5.41, 5.74) is -4.74. The smallest absolute Gasteiger partial charge is 0.198 e. The molecule has 0 unspecified atom stereocenters. The Bertz CT molecular complexity index is 2040. The van der Waals surface area contributed by atoms with E-state index in [1.807, 2.05) is 19.9 Å². The molecule has 0 radical (unpaired) electrons. The van der Waals surface area contributed by atoms with Crippen LogP contribution in [0.4, 0.5) is 0 Å². The lowest BCUT2D eigenvalue weighted by Crippen LogP contribution is -2.68. The van der Waals surface area contributed by atoms with E-state index in [4.69, 9.17) is 42.6 Å². The molecule has 5 aliphatic heterocycles. The van der Waals surface area contributed by atoms with Crippen LogP contribution in [0.3, 0.4) is 0 Å². The van der Waals surface area contributed by atoms with Crippen LogP contribution in [0.1, 0.15) is 100 Å². The van der Waals surface area contributed by atoms with Crippen LogP contribution < -0.4 is 0 Å². The molecular formula is C52H86O23. The fourth-order valence-corrected chi connectivity index (χ4v) is 16.4. The summed E-state index contributed by atoms with van der Waals surface area (Å²) in [6, 6.07) is 0. The highest BCUT2D eigenvalue weighted by atomic mass is 16.8. The van der Waals surface area contributed by atoms with Crippen molar-refractivity contribution in [2.75, 3.05) is 33.0 Å². The van der Waals surface area contributed by atoms with E-state index in [1.54, 1.807) is 6.92 Å². The van der Waals surface area contributed by atoms with Crippen molar-refractivity contribution >= 4 is 0 Å². The molecule has 5 saturated heterocycles. The van der Waals surface area contributed by atoms with Gasteiger partial charge in [0.15, 0.2) is 30.9 Å². The molecule has 5 heterocycles. The normalized spacial score (nSPS) is 56.4. The summed E-state index contributed by atoms with van der Waals surface area (Å²) >= 11 is 0. The average molecular weight is 1080 g/mol. The molecule has 23 heteroatoms. The molecular weight excluding hydrogens is 993 g/mol. The van der Waals surface area contributed by atoms with Gasteiger partial charge < -0.3 is 114 Å². The third-order valence-corrected chi connectivity index (χ3v) is 20.7. The van der Waals surface area contributed by atoms with Crippen molar-refractivity contribution in [1.82, 2.24) is 0 Å². The first-order chi connectivity index (χ1) is 35.0. The van der Waals surface area contributed by atoms with Crippen LogP contribution >= 0.6 is 0 Å². The Labute approximate surface area is 437 Å². The minimum absolute atomic E-state index is 0.0359. The molecule has 0 spiro atoms. The Balaban J connectivity index is 0.973. The largest absolute Gasteiger partial charge is 0.394 e. The predicted molar refractivity (Wildman–Crippen MR) is 255 cm³/mol. The molecule has 9 rings (SSSR count). The molecule has 29 atom stereocenters. The summed E-state index contributed by atoms with van der Waals surface area (Å²) < 4.78 is 55.3. The van der Waals surface area contributed by atoms with E-state index in [2.05, 4.69) is 34.6 Å². The van der Waals surface area contributed by atoms with Crippen LogP contribution in [0.5, 0.6) is 0 Å². The van der Waals surface area contributed by atoms with E-state index in [9.17, 15) is 71.5 Å². The van der Waals surface area contributed by atoms with Crippen LogP contribution in [0, 0.1) is 45.3 Å². The quantitative estimate of drug-likeness (QED) is 0.0663. The van der Waals surface area contributed by atoms with Crippen molar-refractivity contribution in [3.8, 4) is 0 Å². The lowest BCUT2D eigenvalue weighted by Gasteiger charge is -2.70. The number of hydrogen-bond donors (Lipinski definition) is 14. The summed E-state index contributed by atoms with van der Waals surface area (Å²) in [4.78, 5) is 0. The van der Waals surface area contributed by atoms with Gasteiger partial charge in [-0.25, -0.2) is 0 Å². The van der Waals surface area contributed by atoms with Gasteiger partial charge in [0, 0.05) is 5.41 Å². The molecule has 0 aromatic heterocycles. The van der Waals surface area contributed by atoms with E-state index < -0.39 is 182 Å². The molecule has 9 fully saturated rings. The summed E-state index contributed by atoms with van der Waals surface area (Å²) in [5.74, 6) is -2.77. The molecule has 4 saturated carbocycles. The maximum absolute atomic E-state index is 12.5. The molecule has 23 nitrogen and oxygen atoms in total. The Hall–Kier alpha value is -1.18. The number of hydrogen-bond acceptors (Lipinski definition) is 23. The molecule has 14 N–H and O–H groups in total. The van der Waals surface area contributed by atoms with Gasteiger partial charge in [0.1, 0.15) is 85.0 Å². The van der Waals surface area contributed by atoms with Crippen molar-refractivity contribution in [3.63, 3.8) is 0 Å². The zero-order valence-corrected chi connectivity index (χ0v) is 44.3. The number of aliphatic hydroxyl groups is 14. The molecule has 0 bridgehead atoms. The van der Waals surface area contributed by atoms with Crippen LogP contribution in [0.2, 0.25) is 0 Å². The summed E-state index contributed by atoms with van der Waals surface area (Å²) in [5, 5.41) is 156. The Morgan fingerprint density at radius 1 is 0.627 bits per heavy atom. The monoisotopic (exact) mass is 1080 g/mol. The first kappa shape index (κ1) is 58.5. The van der Waals surface area contributed by atoms with Gasteiger partial charge in [-0.2, -0.15) is 0 Å². The summed E-state index contributed by atoms with van der Waals surface area (Å²) in [6.07, 6.45) is -24.1. The zero-order chi connectivity index (χ0) is 54.9. The highest BCUT2D eigenvalue weighted by molar-refractivity contribution is 5.27. The Morgan fingerprint density at radius 3 is 1.91 bits per heavy atom. The molecule has 432 valence electrons. The van der Waals surface area contributed by atoms with E-state index >= 15 is 0 Å². The van der Waals surface area contributed by atoms with Crippen LogP contribution in [0.15, 0.2) is 11.6 Å². The molecule has 0 aromatic rings. The van der Waals surface area contributed by atoms with Crippen LogP contribution in [-0.4, -0.2) is 238 Å². The Morgan fingerprint density at radius 2 is 1.27 bits per heavy atom. The maximum Gasteiger partial charge on any atom is 0.198 e. The van der Waals surface area contributed by atoms with Crippen LogP contribution in [-0.2, 0) is 42.6 Å². The summed E-state index contributed by atoms with van der Waals surface area (Å²) in [7, 11) is 0. The van der Waals surface area contributed by atoms with Gasteiger partial charge in [0.2, 0.25) is 0 Å². The third kappa shape index (κ3) is 9.06. The van der Waals surface area contributed by atoms with Crippen molar-refractivity contribution < 1.29 is 114 Å². The minimum Gasteiger partial charge on any atom is -0.394 e. The van der Waals surface area contributed by atoms with E-state index in [1.165, 1.54) is 0 Å². The molecule has 0 amide bonds. The molecule has 75 heavy (non-hydrogen) atoms. The lowest BCUT2D eigenvalue weighted by atomic mass is 9.35. The SMILES string of the molecule is CC(C)=CC[C@H]1O[C@]2(O)[C@@H]([C@H]3CC[C@@H]4[C@@]5(C)CC[C@H](O[C@@H]6OC[C@H](O)[C@H](O)[C@H]6O[C@@H]6O[C@H](CO)[C@@H](O)[C@H](O[C@@H]7OC[C@](O)(CO)[C@H]7O)[C@H]6O[C@@H]6O[C@H](CO)[C@@H](O)[C@H](O)[C@H]6O)C(C)(C)[C@@H]5CC[C@@]4(C)[C@]3(C)[C@H]2O)[C@@]1(C)O. The third-order valence-electron chi connectivity index (χ3n) is 20.7. The topological polar surface area (TPSA) is 366 Å². The number of aliphatic hydroxyl groups excluding tert-OH is 11. The van der Waals surface area contributed by atoms with Crippen molar-refractivity contribution in [2.45, 2.75) is 234 Å². The second-order valence-corrected chi connectivity index (χ2v) is 25.4. The minimum atomic E-state index is -2.20. The second-order valence-electron chi connectivity index (χ2n) is 25.4. The molecule has 4 aliphatic carbocycles. The first-order valence-corrected chi connectivity index (χ1v) is 26.9. The first-order valence-electron chi connectivity index (χ1n) is 26.9. The van der Waals surface area contributed by atoms with Crippen LogP contribution in [0.25, 0.3) is 0 Å². The fraction of sp³-hybridized carbons (Fsp3) is 0.962. The van der Waals surface area contributed by atoms with Crippen molar-refractivity contribution in [3.05, 3.63) is 11.6 Å². The molecule has 0 aromatic carbocycles. The van der Waals surface area contributed by atoms with E-state index in [0.29, 0.717) is 32.1 Å². The predicted octanol–water partition coefficient (Wildman–Crippen LogP) is -2.62. The van der Waals surface area contributed by atoms with Gasteiger partial charge in [-0.1, -0.05) is 46.3 Å². The van der Waals surface area contributed by atoms with Gasteiger partial charge in [0.25, 0.3) is 0 Å². The Kier molecular flexibility index (Phi) is 16.1. The number of allylic oxidation sites excluding steroid dienone is 1. The summed E-state index contributed by atoms with van der Waals surface area (Å²) in [6.45, 7) is 12.9. The maximum atomic E-state index is 12.5. The second kappa shape index (κ2) is 20.7. The number of ether oxygens (including phenoxy) is 9. The fourth-order valence-electron chi connectivity index (χ4n) is 16.4. The van der Waals surface area contributed by atoms with Gasteiger partial charge in [-0.05, 0) is 99.7 Å². The van der Waals surface area contributed by atoms with Gasteiger partial charge >= 0.3 is 0 Å². The zero-order valence-electron chi connectivity index (χ0n) is 44.3. The van der Waals surface area contributed by atoms with Crippen molar-refractivity contribution in [1.29, 1.82) is 0 Å². The van der Waals surface area contributed by atoms with E-state index in [-0.39, 0.29) is 29.8 Å². The lowest BCUT2D eigenvalue weighted by molar-refractivity contribution is -0.402. The number of fused-ring (bicyclic) bond motifs is 7. The highest BCUT2D eigenvalue weighted by Gasteiger charge is 2.81. The standard InChI is InChI=1S/C52H86O23/c1-22(2)9-12-30-50(8,64)39-23-10-11-28-47(5)15-14-29(46(3,4)27(47)13-16-48(28,6)49(23,7)45(63)52(39,66)75-30)71-42-37(31(57)24(56)19-67-42)73-43-38(74-41-35(61)34(60)32(58)25(17-53)69-41)36(33(59)26(18-54)70-43)72-44-40(62)51(65,20-55)21-68-44/h9,23-45,53-66H,10-21H2,1-8H3/t23-,24+,25-,26-,27+,28-,29+,30-,31+,32-,33-,34+,35-,36+,37-,38-,39+,40+,41+,42+,43+,44+,45-,47+,48-,49+,50+,51-,52-/m1/s1.